The van der Waals surface area contributed by atoms with Gasteiger partial charge in [0.15, 0.2) is 0 Å². The van der Waals surface area contributed by atoms with Gasteiger partial charge in [-0.15, -0.1) is 0 Å². The first-order valence-corrected chi connectivity index (χ1v) is 5.89. The number of amides is 2. The highest BCUT2D eigenvalue weighted by atomic mass is 16.4. The molecule has 0 bridgehead atoms. The predicted octanol–water partition coefficient (Wildman–Crippen LogP) is -0.920. The molecule has 0 aliphatic carbocycles. The number of rotatable bonds is 8. The van der Waals surface area contributed by atoms with Crippen molar-refractivity contribution in [2.75, 3.05) is 13.1 Å². The summed E-state index contributed by atoms with van der Waals surface area (Å²) in [5, 5.41) is 16.6. The van der Waals surface area contributed by atoms with Gasteiger partial charge in [0, 0.05) is 20.0 Å². The number of carboxylic acid groups (broad SMARTS) is 1. The third kappa shape index (κ3) is 6.85. The minimum absolute atomic E-state index is 0.00434. The van der Waals surface area contributed by atoms with E-state index in [0.29, 0.717) is 6.54 Å². The van der Waals surface area contributed by atoms with Crippen molar-refractivity contribution in [3.05, 3.63) is 0 Å². The van der Waals surface area contributed by atoms with Crippen LogP contribution in [-0.4, -0.2) is 48.1 Å². The summed E-state index contributed by atoms with van der Waals surface area (Å²) in [5.41, 5.74) is 0. The zero-order chi connectivity index (χ0) is 14.1. The molecule has 2 amide bonds. The zero-order valence-corrected chi connectivity index (χ0v) is 10.9. The highest BCUT2D eigenvalue weighted by Crippen LogP contribution is 1.87. The first-order chi connectivity index (χ1) is 8.38. The highest BCUT2D eigenvalue weighted by Gasteiger charge is 2.20. The molecule has 2 unspecified atom stereocenters. The Morgan fingerprint density at radius 1 is 1.28 bits per heavy atom. The molecule has 0 aromatic heterocycles. The summed E-state index contributed by atoms with van der Waals surface area (Å²) in [6.07, 6.45) is 0.835. The fraction of sp³-hybridized carbons (Fsp3) is 0.727. The summed E-state index contributed by atoms with van der Waals surface area (Å²) < 4.78 is 0. The van der Waals surface area contributed by atoms with E-state index in [4.69, 9.17) is 5.11 Å². The van der Waals surface area contributed by atoms with Crippen LogP contribution in [0.3, 0.4) is 0 Å². The molecule has 18 heavy (non-hydrogen) atoms. The van der Waals surface area contributed by atoms with Crippen molar-refractivity contribution in [2.45, 2.75) is 39.3 Å². The first kappa shape index (κ1) is 16.4. The van der Waals surface area contributed by atoms with Gasteiger partial charge in [0.2, 0.25) is 11.8 Å². The molecule has 0 aromatic carbocycles. The van der Waals surface area contributed by atoms with E-state index < -0.39 is 24.0 Å². The lowest BCUT2D eigenvalue weighted by atomic mass is 10.2. The Morgan fingerprint density at radius 3 is 2.33 bits per heavy atom. The van der Waals surface area contributed by atoms with E-state index >= 15 is 0 Å². The molecule has 0 heterocycles. The Hall–Kier alpha value is -1.63. The lowest BCUT2D eigenvalue weighted by Crippen LogP contribution is -2.51. The van der Waals surface area contributed by atoms with E-state index in [9.17, 15) is 14.4 Å². The van der Waals surface area contributed by atoms with Crippen LogP contribution in [0.2, 0.25) is 0 Å². The van der Waals surface area contributed by atoms with Crippen molar-refractivity contribution >= 4 is 17.8 Å². The van der Waals surface area contributed by atoms with E-state index in [2.05, 4.69) is 16.0 Å². The van der Waals surface area contributed by atoms with E-state index in [1.165, 1.54) is 6.92 Å². The molecular formula is C11H21N3O4. The normalized spacial score (nSPS) is 13.5. The van der Waals surface area contributed by atoms with Crippen LogP contribution in [0.5, 0.6) is 0 Å². The number of hydrogen-bond acceptors (Lipinski definition) is 4. The zero-order valence-electron chi connectivity index (χ0n) is 10.9. The number of carbonyl (C=O) groups is 3. The minimum atomic E-state index is -1.14. The fourth-order valence-electron chi connectivity index (χ4n) is 1.23. The van der Waals surface area contributed by atoms with Gasteiger partial charge in [-0.05, 0) is 13.3 Å². The largest absolute Gasteiger partial charge is 0.480 e. The van der Waals surface area contributed by atoms with E-state index in [1.807, 2.05) is 6.92 Å². The molecule has 104 valence electrons. The first-order valence-electron chi connectivity index (χ1n) is 5.89. The Balaban J connectivity index is 4.13. The second kappa shape index (κ2) is 8.46. The number of carbonyl (C=O) groups excluding carboxylic acids is 2. The van der Waals surface area contributed by atoms with Crippen LogP contribution >= 0.6 is 0 Å². The third-order valence-electron chi connectivity index (χ3n) is 2.25. The average molecular weight is 259 g/mol. The molecule has 0 saturated carbocycles. The second-order valence-corrected chi connectivity index (χ2v) is 4.01. The Bertz CT molecular complexity index is 307. The van der Waals surface area contributed by atoms with Gasteiger partial charge in [-0.1, -0.05) is 6.92 Å². The van der Waals surface area contributed by atoms with Crippen LogP contribution in [0, 0.1) is 0 Å². The monoisotopic (exact) mass is 259 g/mol. The van der Waals surface area contributed by atoms with Crippen molar-refractivity contribution in [3.63, 3.8) is 0 Å². The average Bonchev–Trinajstić information content (AvgIpc) is 2.30. The molecule has 4 N–H and O–H groups in total. The van der Waals surface area contributed by atoms with E-state index in [-0.39, 0.29) is 12.5 Å². The van der Waals surface area contributed by atoms with Gasteiger partial charge in [0.1, 0.15) is 6.04 Å². The summed E-state index contributed by atoms with van der Waals surface area (Å²) in [5.74, 6) is -1.75. The van der Waals surface area contributed by atoms with Crippen LogP contribution < -0.4 is 16.0 Å². The summed E-state index contributed by atoms with van der Waals surface area (Å²) >= 11 is 0. The SMILES string of the molecule is CCCNC(=O)C(C)NCC(NC(C)=O)C(=O)O. The molecule has 0 radical (unpaired) electrons. The maximum atomic E-state index is 11.5. The Labute approximate surface area is 106 Å². The summed E-state index contributed by atoms with van der Waals surface area (Å²) in [7, 11) is 0. The number of nitrogens with one attached hydrogen (secondary N) is 3. The van der Waals surface area contributed by atoms with Gasteiger partial charge >= 0.3 is 5.97 Å². The summed E-state index contributed by atoms with van der Waals surface area (Å²) in [4.78, 5) is 33.1. The third-order valence-corrected chi connectivity index (χ3v) is 2.25. The predicted molar refractivity (Wildman–Crippen MR) is 66.0 cm³/mol. The molecule has 7 heteroatoms. The van der Waals surface area contributed by atoms with Crippen molar-refractivity contribution < 1.29 is 19.5 Å². The van der Waals surface area contributed by atoms with Crippen LogP contribution in [-0.2, 0) is 14.4 Å². The van der Waals surface area contributed by atoms with Gasteiger partial charge in [0.25, 0.3) is 0 Å². The highest BCUT2D eigenvalue weighted by molar-refractivity contribution is 5.83. The standard InChI is InChI=1S/C11H21N3O4/c1-4-5-12-10(16)7(2)13-6-9(11(17)18)14-8(3)15/h7,9,13H,4-6H2,1-3H3,(H,12,16)(H,14,15)(H,17,18). The molecule has 0 rings (SSSR count). The van der Waals surface area contributed by atoms with Crippen molar-refractivity contribution in [3.8, 4) is 0 Å². The summed E-state index contributed by atoms with van der Waals surface area (Å²) in [6.45, 7) is 5.40. The van der Waals surface area contributed by atoms with Crippen LogP contribution in [0.1, 0.15) is 27.2 Å². The van der Waals surface area contributed by atoms with E-state index in [0.717, 1.165) is 6.42 Å². The molecule has 0 saturated heterocycles. The van der Waals surface area contributed by atoms with Crippen LogP contribution in [0.4, 0.5) is 0 Å². The molecule has 7 nitrogen and oxygen atoms in total. The smallest absolute Gasteiger partial charge is 0.327 e. The minimum Gasteiger partial charge on any atom is -0.480 e. The van der Waals surface area contributed by atoms with Crippen molar-refractivity contribution in [1.29, 1.82) is 0 Å². The van der Waals surface area contributed by atoms with Gasteiger partial charge < -0.3 is 21.1 Å². The van der Waals surface area contributed by atoms with Crippen molar-refractivity contribution in [2.24, 2.45) is 0 Å². The van der Waals surface area contributed by atoms with Gasteiger partial charge in [0.05, 0.1) is 6.04 Å². The quantitative estimate of drug-likeness (QED) is 0.451. The summed E-state index contributed by atoms with van der Waals surface area (Å²) in [6, 6.07) is -1.55. The molecule has 0 aliphatic heterocycles. The number of hydrogen-bond donors (Lipinski definition) is 4. The maximum absolute atomic E-state index is 11.5. The van der Waals surface area contributed by atoms with Gasteiger partial charge in [-0.3, -0.25) is 9.59 Å². The number of carboxylic acids is 1. The van der Waals surface area contributed by atoms with Gasteiger partial charge in [-0.2, -0.15) is 0 Å². The molecule has 0 aromatic rings. The van der Waals surface area contributed by atoms with E-state index in [1.54, 1.807) is 6.92 Å². The molecule has 0 aliphatic rings. The van der Waals surface area contributed by atoms with Crippen molar-refractivity contribution in [1.82, 2.24) is 16.0 Å². The Morgan fingerprint density at radius 2 is 1.89 bits per heavy atom. The lowest BCUT2D eigenvalue weighted by Gasteiger charge is -2.18. The lowest BCUT2D eigenvalue weighted by molar-refractivity contribution is -0.141. The Kier molecular flexibility index (Phi) is 7.69. The van der Waals surface area contributed by atoms with Crippen LogP contribution in [0.15, 0.2) is 0 Å². The molecule has 0 spiro atoms. The molecule has 0 fully saturated rings. The fourth-order valence-corrected chi connectivity index (χ4v) is 1.23. The number of aliphatic carboxylic acids is 1. The maximum Gasteiger partial charge on any atom is 0.327 e. The van der Waals surface area contributed by atoms with Crippen LogP contribution in [0.25, 0.3) is 0 Å². The molecule has 2 atom stereocenters. The topological polar surface area (TPSA) is 108 Å². The van der Waals surface area contributed by atoms with Gasteiger partial charge in [-0.25, -0.2) is 4.79 Å². The second-order valence-electron chi connectivity index (χ2n) is 4.01. The molecular weight excluding hydrogens is 238 g/mol.